The Labute approximate surface area is 138 Å². The van der Waals surface area contributed by atoms with E-state index in [1.54, 1.807) is 0 Å². The van der Waals surface area contributed by atoms with Gasteiger partial charge in [0.2, 0.25) is 11.8 Å². The fraction of sp³-hybridized carbons (Fsp3) is 0.875. The van der Waals surface area contributed by atoms with E-state index in [0.29, 0.717) is 6.04 Å². The summed E-state index contributed by atoms with van der Waals surface area (Å²) in [6.45, 7) is 2.84. The third-order valence-electron chi connectivity index (χ3n) is 5.85. The summed E-state index contributed by atoms with van der Waals surface area (Å²) in [7, 11) is 0. The highest BCUT2D eigenvalue weighted by Crippen LogP contribution is 2.59. The molecule has 0 aromatic heterocycles. The van der Waals surface area contributed by atoms with E-state index in [4.69, 9.17) is 0 Å². The van der Waals surface area contributed by atoms with E-state index in [9.17, 15) is 9.59 Å². The van der Waals surface area contributed by atoms with Crippen LogP contribution in [0.25, 0.3) is 0 Å². The molecule has 6 heteroatoms. The van der Waals surface area contributed by atoms with Crippen LogP contribution in [-0.2, 0) is 9.59 Å². The Kier molecular flexibility index (Phi) is 4.38. The summed E-state index contributed by atoms with van der Waals surface area (Å²) < 4.78 is 0. The van der Waals surface area contributed by atoms with Gasteiger partial charge >= 0.3 is 0 Å². The highest BCUT2D eigenvalue weighted by Gasteiger charge is 2.59. The molecule has 2 atom stereocenters. The molecule has 2 aliphatic carbocycles. The normalized spacial score (nSPS) is 32.5. The number of carbonyl (C=O) groups excluding carboxylic acids is 2. The Morgan fingerprint density at radius 1 is 1.14 bits per heavy atom. The Morgan fingerprint density at radius 3 is 2.55 bits per heavy atom. The maximum absolute atomic E-state index is 12.8. The molecule has 0 radical (unpaired) electrons. The molecular formula is C16H26ClN3O2. The number of piperidine rings is 1. The summed E-state index contributed by atoms with van der Waals surface area (Å²) >= 11 is 0. The summed E-state index contributed by atoms with van der Waals surface area (Å²) in [6, 6.07) is 0.184. The molecule has 4 fully saturated rings. The fourth-order valence-electron chi connectivity index (χ4n) is 4.20. The van der Waals surface area contributed by atoms with Gasteiger partial charge in [0.25, 0.3) is 0 Å². The van der Waals surface area contributed by atoms with E-state index in [2.05, 4.69) is 10.6 Å². The third kappa shape index (κ3) is 2.85. The molecule has 2 saturated carbocycles. The lowest BCUT2D eigenvalue weighted by molar-refractivity contribution is -0.140. The van der Waals surface area contributed by atoms with Crippen LogP contribution < -0.4 is 10.6 Å². The second kappa shape index (κ2) is 6.00. The fourth-order valence-corrected chi connectivity index (χ4v) is 4.20. The maximum Gasteiger partial charge on any atom is 0.243 e. The number of nitrogens with zero attached hydrogens (tertiary/aromatic N) is 1. The molecule has 2 aliphatic heterocycles. The first kappa shape index (κ1) is 16.1. The van der Waals surface area contributed by atoms with Crippen molar-refractivity contribution in [2.24, 2.45) is 11.3 Å². The van der Waals surface area contributed by atoms with E-state index in [1.165, 1.54) is 0 Å². The molecule has 2 unspecified atom stereocenters. The first-order valence-corrected chi connectivity index (χ1v) is 8.51. The molecule has 0 aromatic carbocycles. The van der Waals surface area contributed by atoms with Gasteiger partial charge in [0, 0.05) is 18.5 Å². The van der Waals surface area contributed by atoms with Gasteiger partial charge in [-0.25, -0.2) is 0 Å². The summed E-state index contributed by atoms with van der Waals surface area (Å²) in [6.07, 6.45) is 7.30. The first-order valence-electron chi connectivity index (χ1n) is 8.51. The van der Waals surface area contributed by atoms with E-state index in [1.807, 2.05) is 4.90 Å². The topological polar surface area (TPSA) is 61.4 Å². The smallest absolute Gasteiger partial charge is 0.243 e. The number of likely N-dealkylation sites (tertiary alicyclic amines) is 1. The standard InChI is InChI=1S/C16H25N3O2.ClH/c20-14(18-11-3-4-11)13-2-1-9-19(13)15(21)12-10-16(12)5-7-17-8-6-16;/h11-13,17H,1-10H2,(H,18,20);1H. The van der Waals surface area contributed by atoms with Gasteiger partial charge in [0.05, 0.1) is 0 Å². The van der Waals surface area contributed by atoms with Crippen LogP contribution in [0.3, 0.4) is 0 Å². The van der Waals surface area contributed by atoms with Crippen LogP contribution in [0.2, 0.25) is 0 Å². The van der Waals surface area contributed by atoms with Crippen LogP contribution in [0.5, 0.6) is 0 Å². The molecule has 22 heavy (non-hydrogen) atoms. The molecule has 2 saturated heterocycles. The second-order valence-electron chi connectivity index (χ2n) is 7.34. The van der Waals surface area contributed by atoms with Crippen molar-refractivity contribution >= 4 is 24.2 Å². The van der Waals surface area contributed by atoms with Crippen molar-refractivity contribution in [3.8, 4) is 0 Å². The lowest BCUT2D eigenvalue weighted by Crippen LogP contribution is -2.47. The van der Waals surface area contributed by atoms with Crippen molar-refractivity contribution in [1.29, 1.82) is 0 Å². The zero-order valence-electron chi connectivity index (χ0n) is 13.0. The van der Waals surface area contributed by atoms with Crippen molar-refractivity contribution in [1.82, 2.24) is 15.5 Å². The molecule has 1 spiro atoms. The largest absolute Gasteiger partial charge is 0.352 e. The number of amides is 2. The Morgan fingerprint density at radius 2 is 1.86 bits per heavy atom. The van der Waals surface area contributed by atoms with Gasteiger partial charge in [-0.15, -0.1) is 12.4 Å². The van der Waals surface area contributed by atoms with Gasteiger partial charge in [-0.3, -0.25) is 9.59 Å². The first-order chi connectivity index (χ1) is 10.2. The van der Waals surface area contributed by atoms with Gasteiger partial charge in [0.1, 0.15) is 6.04 Å². The van der Waals surface area contributed by atoms with Gasteiger partial charge in [-0.05, 0) is 63.5 Å². The summed E-state index contributed by atoms with van der Waals surface area (Å²) in [4.78, 5) is 27.0. The summed E-state index contributed by atoms with van der Waals surface area (Å²) in [5.74, 6) is 0.530. The van der Waals surface area contributed by atoms with E-state index >= 15 is 0 Å². The highest BCUT2D eigenvalue weighted by atomic mass is 35.5. The number of carbonyl (C=O) groups is 2. The minimum absolute atomic E-state index is 0. The van der Waals surface area contributed by atoms with Crippen molar-refractivity contribution < 1.29 is 9.59 Å². The number of hydrogen-bond donors (Lipinski definition) is 2. The van der Waals surface area contributed by atoms with E-state index in [0.717, 1.165) is 64.6 Å². The number of hydrogen-bond acceptors (Lipinski definition) is 3. The van der Waals surface area contributed by atoms with Gasteiger partial charge in [-0.1, -0.05) is 0 Å². The predicted molar refractivity (Wildman–Crippen MR) is 85.8 cm³/mol. The van der Waals surface area contributed by atoms with Crippen molar-refractivity contribution in [2.75, 3.05) is 19.6 Å². The minimum Gasteiger partial charge on any atom is -0.352 e. The van der Waals surface area contributed by atoms with Crippen LogP contribution in [0.4, 0.5) is 0 Å². The quantitative estimate of drug-likeness (QED) is 0.815. The van der Waals surface area contributed by atoms with Crippen molar-refractivity contribution in [3.05, 3.63) is 0 Å². The molecule has 4 rings (SSSR count). The van der Waals surface area contributed by atoms with Crippen molar-refractivity contribution in [2.45, 2.75) is 57.0 Å². The SMILES string of the molecule is Cl.O=C(NC1CC1)C1CCCN1C(=O)C1CC12CCNCC2. The highest BCUT2D eigenvalue weighted by molar-refractivity contribution is 5.91. The van der Waals surface area contributed by atoms with Gasteiger partial charge < -0.3 is 15.5 Å². The summed E-state index contributed by atoms with van der Waals surface area (Å²) in [5.41, 5.74) is 0.266. The zero-order chi connectivity index (χ0) is 14.4. The maximum atomic E-state index is 12.8. The van der Waals surface area contributed by atoms with Crippen molar-refractivity contribution in [3.63, 3.8) is 0 Å². The molecule has 0 bridgehead atoms. The molecule has 2 N–H and O–H groups in total. The third-order valence-corrected chi connectivity index (χ3v) is 5.85. The van der Waals surface area contributed by atoms with E-state index < -0.39 is 0 Å². The zero-order valence-corrected chi connectivity index (χ0v) is 13.8. The molecular weight excluding hydrogens is 302 g/mol. The molecule has 0 aromatic rings. The second-order valence-corrected chi connectivity index (χ2v) is 7.34. The van der Waals surface area contributed by atoms with Crippen LogP contribution in [0.15, 0.2) is 0 Å². The molecule has 2 heterocycles. The summed E-state index contributed by atoms with van der Waals surface area (Å²) in [5, 5.41) is 6.44. The van der Waals surface area contributed by atoms with Gasteiger partial charge in [0.15, 0.2) is 0 Å². The van der Waals surface area contributed by atoms with Crippen LogP contribution in [-0.4, -0.2) is 48.4 Å². The Bertz CT molecular complexity index is 460. The minimum atomic E-state index is -0.197. The lowest BCUT2D eigenvalue weighted by atomic mass is 9.91. The lowest BCUT2D eigenvalue weighted by Gasteiger charge is -2.27. The number of halogens is 1. The monoisotopic (exact) mass is 327 g/mol. The Hall–Kier alpha value is -0.810. The Balaban J connectivity index is 0.00000144. The molecule has 5 nitrogen and oxygen atoms in total. The van der Waals surface area contributed by atoms with Crippen LogP contribution in [0, 0.1) is 11.3 Å². The number of nitrogens with one attached hydrogen (secondary N) is 2. The predicted octanol–water partition coefficient (Wildman–Crippen LogP) is 1.07. The average molecular weight is 328 g/mol. The van der Waals surface area contributed by atoms with Gasteiger partial charge in [-0.2, -0.15) is 0 Å². The average Bonchev–Trinajstić information content (AvgIpc) is 3.37. The van der Waals surface area contributed by atoms with Crippen LogP contribution in [0.1, 0.15) is 44.9 Å². The molecule has 2 amide bonds. The number of rotatable bonds is 3. The molecule has 124 valence electrons. The van der Waals surface area contributed by atoms with Crippen LogP contribution >= 0.6 is 12.4 Å². The van der Waals surface area contributed by atoms with E-state index in [-0.39, 0.29) is 41.6 Å². The molecule has 4 aliphatic rings.